The molecule has 0 atom stereocenters. The minimum Gasteiger partial charge on any atom is -0.497 e. The maximum Gasteiger partial charge on any atom is 0.119 e. The summed E-state index contributed by atoms with van der Waals surface area (Å²) in [5.74, 6) is 1.74. The molecule has 6 heteroatoms. The lowest BCUT2D eigenvalue weighted by molar-refractivity contribution is 0.415. The Bertz CT molecular complexity index is 1490. The van der Waals surface area contributed by atoms with Crippen molar-refractivity contribution in [2.75, 3.05) is 48.5 Å². The van der Waals surface area contributed by atoms with Crippen molar-refractivity contribution in [2.24, 2.45) is 0 Å². The standard InChI is InChI=1S/C16H20N2O.C15H18N2O/c1-6-12(10-18(3)4)16-11(2)14-9-13(19-5)7-8-15(14)17-16;1-5-11(9-16-3)15-10(2)13-8-12(18-4)6-7-14(13)17-15/h7-9,17H,1,10H2,2-5H3;6-8,16-17H,1,9H2,2-4H3. The number of hydrogen-bond acceptors (Lipinski definition) is 4. The van der Waals surface area contributed by atoms with E-state index in [0.29, 0.717) is 0 Å². The maximum atomic E-state index is 5.28. The van der Waals surface area contributed by atoms with Crippen LogP contribution in [0.2, 0.25) is 0 Å². The van der Waals surface area contributed by atoms with Gasteiger partial charge in [0.05, 0.1) is 25.6 Å². The Labute approximate surface area is 220 Å². The van der Waals surface area contributed by atoms with Crippen molar-refractivity contribution in [3.63, 3.8) is 0 Å². The van der Waals surface area contributed by atoms with E-state index in [2.05, 4.69) is 64.7 Å². The van der Waals surface area contributed by atoms with Crippen LogP contribution in [0.4, 0.5) is 0 Å². The summed E-state index contributed by atoms with van der Waals surface area (Å²) in [6.45, 7) is 13.3. The van der Waals surface area contributed by atoms with Crippen molar-refractivity contribution >= 4 is 33.0 Å². The molecule has 3 N–H and O–H groups in total. The van der Waals surface area contributed by atoms with Gasteiger partial charge in [0.1, 0.15) is 11.5 Å². The lowest BCUT2D eigenvalue weighted by Gasteiger charge is -2.11. The van der Waals surface area contributed by atoms with Gasteiger partial charge < -0.3 is 29.7 Å². The van der Waals surface area contributed by atoms with E-state index in [-0.39, 0.29) is 0 Å². The van der Waals surface area contributed by atoms with Crippen LogP contribution in [0.3, 0.4) is 0 Å². The smallest absolute Gasteiger partial charge is 0.119 e. The number of fused-ring (bicyclic) bond motifs is 2. The van der Waals surface area contributed by atoms with E-state index in [0.717, 1.165) is 58.2 Å². The van der Waals surface area contributed by atoms with Crippen LogP contribution in [0, 0.1) is 13.8 Å². The van der Waals surface area contributed by atoms with Gasteiger partial charge in [-0.1, -0.05) is 13.2 Å². The molecule has 6 nitrogen and oxygen atoms in total. The van der Waals surface area contributed by atoms with E-state index in [1.54, 1.807) is 14.2 Å². The molecule has 2 aromatic carbocycles. The normalized spacial score (nSPS) is 10.6. The number of nitrogens with one attached hydrogen (secondary N) is 3. The van der Waals surface area contributed by atoms with E-state index >= 15 is 0 Å². The zero-order chi connectivity index (χ0) is 27.1. The highest BCUT2D eigenvalue weighted by atomic mass is 16.5. The molecular weight excluding hydrogens is 460 g/mol. The zero-order valence-electron chi connectivity index (χ0n) is 23.1. The van der Waals surface area contributed by atoms with Gasteiger partial charge in [0, 0.05) is 46.0 Å². The van der Waals surface area contributed by atoms with Crippen molar-refractivity contribution < 1.29 is 9.47 Å². The predicted molar refractivity (Wildman–Crippen MR) is 157 cm³/mol. The molecule has 0 aliphatic carbocycles. The van der Waals surface area contributed by atoms with E-state index in [4.69, 9.17) is 9.47 Å². The summed E-state index contributed by atoms with van der Waals surface area (Å²) in [5.41, 5.74) is 15.0. The van der Waals surface area contributed by atoms with Gasteiger partial charge in [0.25, 0.3) is 0 Å². The highest BCUT2D eigenvalue weighted by molar-refractivity contribution is 5.91. The average Bonchev–Trinajstić information content (AvgIpc) is 3.41. The number of H-pyrrole nitrogens is 2. The molecule has 0 aliphatic rings. The van der Waals surface area contributed by atoms with Crippen LogP contribution in [0.25, 0.3) is 33.0 Å². The van der Waals surface area contributed by atoms with Crippen molar-refractivity contribution in [1.29, 1.82) is 0 Å². The quantitative estimate of drug-likeness (QED) is 0.257. The van der Waals surface area contributed by atoms with Gasteiger partial charge in [-0.2, -0.15) is 0 Å². The first kappa shape index (κ1) is 27.7. The molecule has 0 bridgehead atoms. The molecule has 0 saturated carbocycles. The average molecular weight is 499 g/mol. The van der Waals surface area contributed by atoms with Gasteiger partial charge in [-0.3, -0.25) is 0 Å². The zero-order valence-corrected chi connectivity index (χ0v) is 23.1. The van der Waals surface area contributed by atoms with Gasteiger partial charge >= 0.3 is 0 Å². The fraction of sp³-hybridized carbons (Fsp3) is 0.290. The molecule has 0 amide bonds. The number of nitrogens with zero attached hydrogens (tertiary/aromatic N) is 1. The van der Waals surface area contributed by atoms with E-state index < -0.39 is 0 Å². The fourth-order valence-corrected chi connectivity index (χ4v) is 4.42. The second-order valence-corrected chi connectivity index (χ2v) is 9.15. The number of benzene rings is 2. The lowest BCUT2D eigenvalue weighted by atomic mass is 10.1. The van der Waals surface area contributed by atoms with Crippen LogP contribution in [-0.2, 0) is 0 Å². The lowest BCUT2D eigenvalue weighted by Crippen LogP contribution is -2.14. The summed E-state index contributed by atoms with van der Waals surface area (Å²) in [4.78, 5) is 8.98. The summed E-state index contributed by atoms with van der Waals surface area (Å²) in [6.07, 6.45) is 0. The number of aromatic amines is 2. The molecule has 2 heterocycles. The monoisotopic (exact) mass is 498 g/mol. The molecule has 0 fully saturated rings. The summed E-state index contributed by atoms with van der Waals surface area (Å²) < 4.78 is 10.5. The first-order chi connectivity index (χ1) is 17.8. The third-order valence-electron chi connectivity index (χ3n) is 6.39. The van der Waals surface area contributed by atoms with Crippen LogP contribution in [0.15, 0.2) is 61.0 Å². The number of aromatic nitrogens is 2. The Morgan fingerprint density at radius 2 is 1.30 bits per heavy atom. The van der Waals surface area contributed by atoms with Crippen LogP contribution in [0.5, 0.6) is 11.5 Å². The summed E-state index contributed by atoms with van der Waals surface area (Å²) in [7, 11) is 9.36. The third-order valence-corrected chi connectivity index (χ3v) is 6.39. The van der Waals surface area contributed by atoms with Gasteiger partial charge in [0.15, 0.2) is 0 Å². The molecule has 4 rings (SSSR count). The number of rotatable bonds is 8. The minimum absolute atomic E-state index is 0.744. The van der Waals surface area contributed by atoms with Crippen molar-refractivity contribution in [1.82, 2.24) is 20.2 Å². The number of methoxy groups -OCH3 is 2. The van der Waals surface area contributed by atoms with Crippen LogP contribution >= 0.6 is 0 Å². The topological polar surface area (TPSA) is 65.3 Å². The predicted octanol–water partition coefficient (Wildman–Crippen LogP) is 6.09. The van der Waals surface area contributed by atoms with Crippen LogP contribution in [0.1, 0.15) is 22.5 Å². The molecule has 2 aromatic heterocycles. The molecule has 0 aliphatic heterocycles. The molecule has 0 saturated heterocycles. The molecular formula is C31H38N4O2. The Balaban J connectivity index is 0.000000206. The largest absolute Gasteiger partial charge is 0.497 e. The van der Waals surface area contributed by atoms with E-state index in [1.807, 2.05) is 51.5 Å². The van der Waals surface area contributed by atoms with Gasteiger partial charge in [0.2, 0.25) is 0 Å². The Morgan fingerprint density at radius 1 is 0.838 bits per heavy atom. The maximum absolute atomic E-state index is 5.28. The highest BCUT2D eigenvalue weighted by Crippen LogP contribution is 2.30. The third kappa shape index (κ3) is 6.08. The SMILES string of the molecule is C=C=C(CN(C)C)c1[nH]c2ccc(OC)cc2c1C.C=C=C(CNC)c1[nH]c2ccc(OC)cc2c1C. The number of likely N-dealkylation sites (N-methyl/N-ethyl adjacent to an activating group) is 2. The summed E-state index contributed by atoms with van der Waals surface area (Å²) in [5, 5.41) is 5.48. The van der Waals surface area contributed by atoms with E-state index in [1.165, 1.54) is 21.9 Å². The first-order valence-corrected chi connectivity index (χ1v) is 12.2. The second-order valence-electron chi connectivity index (χ2n) is 9.15. The van der Waals surface area contributed by atoms with Crippen molar-refractivity contribution in [2.45, 2.75) is 13.8 Å². The highest BCUT2D eigenvalue weighted by Gasteiger charge is 2.13. The van der Waals surface area contributed by atoms with Gasteiger partial charge in [-0.05, 0) is 82.5 Å². The Morgan fingerprint density at radius 3 is 1.68 bits per heavy atom. The van der Waals surface area contributed by atoms with Gasteiger partial charge in [-0.25, -0.2) is 0 Å². The number of aryl methyl sites for hydroxylation is 2. The van der Waals surface area contributed by atoms with Crippen molar-refractivity contribution in [3.8, 4) is 11.5 Å². The summed E-state index contributed by atoms with van der Waals surface area (Å²) in [6, 6.07) is 12.1. The molecule has 37 heavy (non-hydrogen) atoms. The molecule has 0 radical (unpaired) electrons. The first-order valence-electron chi connectivity index (χ1n) is 12.2. The van der Waals surface area contributed by atoms with E-state index in [9.17, 15) is 0 Å². The summed E-state index contributed by atoms with van der Waals surface area (Å²) >= 11 is 0. The Hall–Kier alpha value is -3.92. The fourth-order valence-electron chi connectivity index (χ4n) is 4.42. The molecule has 194 valence electrons. The van der Waals surface area contributed by atoms with Gasteiger partial charge in [-0.15, -0.1) is 11.5 Å². The number of hydrogen-bond donors (Lipinski definition) is 3. The molecule has 4 aromatic rings. The Kier molecular flexibility index (Phi) is 9.24. The van der Waals surface area contributed by atoms with Crippen LogP contribution < -0.4 is 14.8 Å². The minimum atomic E-state index is 0.744. The van der Waals surface area contributed by atoms with Crippen LogP contribution in [-0.4, -0.2) is 63.3 Å². The second kappa shape index (κ2) is 12.4. The van der Waals surface area contributed by atoms with Crippen molar-refractivity contribution in [3.05, 3.63) is 83.5 Å². The molecule has 0 spiro atoms. The molecule has 0 unspecified atom stereocenters. The number of ether oxygens (including phenoxy) is 2.